The van der Waals surface area contributed by atoms with Gasteiger partial charge in [-0.1, -0.05) is 11.6 Å². The predicted molar refractivity (Wildman–Crippen MR) is 70.8 cm³/mol. The number of nitrogens with zero attached hydrogens (tertiary/aromatic N) is 2. The second-order valence-electron chi connectivity index (χ2n) is 3.56. The Morgan fingerprint density at radius 3 is 2.78 bits per heavy atom. The summed E-state index contributed by atoms with van der Waals surface area (Å²) in [5.74, 6) is 0.103. The molecule has 0 aliphatic heterocycles. The zero-order valence-electron chi connectivity index (χ0n) is 9.45. The summed E-state index contributed by atoms with van der Waals surface area (Å²) in [5, 5.41) is 0.322. The van der Waals surface area contributed by atoms with Gasteiger partial charge in [0.25, 0.3) is 0 Å². The molecular weight excluding hydrogens is 322 g/mol. The van der Waals surface area contributed by atoms with E-state index in [-0.39, 0.29) is 5.82 Å². The smallest absolute Gasteiger partial charge is 0.162 e. The summed E-state index contributed by atoms with van der Waals surface area (Å²) in [7, 11) is 1.57. The topological polar surface area (TPSA) is 35.0 Å². The van der Waals surface area contributed by atoms with Crippen LogP contribution in [-0.4, -0.2) is 17.1 Å². The monoisotopic (exact) mass is 330 g/mol. The van der Waals surface area contributed by atoms with E-state index in [1.165, 1.54) is 12.1 Å². The van der Waals surface area contributed by atoms with Gasteiger partial charge in [-0.25, -0.2) is 14.4 Å². The first-order valence-electron chi connectivity index (χ1n) is 5.08. The Bertz CT molecular complexity index is 580. The molecule has 0 aliphatic carbocycles. The molecule has 0 saturated heterocycles. The van der Waals surface area contributed by atoms with Crippen molar-refractivity contribution in [1.82, 2.24) is 9.97 Å². The van der Waals surface area contributed by atoms with E-state index in [2.05, 4.69) is 25.9 Å². The van der Waals surface area contributed by atoms with Crippen molar-refractivity contribution in [3.63, 3.8) is 0 Å². The second kappa shape index (κ2) is 5.73. The Kier molecular flexibility index (Phi) is 4.27. The van der Waals surface area contributed by atoms with Crippen molar-refractivity contribution < 1.29 is 9.13 Å². The summed E-state index contributed by atoms with van der Waals surface area (Å²) >= 11 is 9.20. The van der Waals surface area contributed by atoms with Gasteiger partial charge in [-0.2, -0.15) is 0 Å². The minimum Gasteiger partial charge on any atom is -0.378 e. The number of rotatable bonds is 3. The number of benzene rings is 1. The van der Waals surface area contributed by atoms with Gasteiger partial charge in [0, 0.05) is 17.1 Å². The third-order valence-corrected chi connectivity index (χ3v) is 3.06. The van der Waals surface area contributed by atoms with Crippen LogP contribution in [0.2, 0.25) is 5.15 Å². The van der Waals surface area contributed by atoms with E-state index >= 15 is 0 Å². The molecule has 3 nitrogen and oxygen atoms in total. The lowest BCUT2D eigenvalue weighted by atomic mass is 10.2. The molecule has 2 aromatic rings. The SMILES string of the molecule is COCc1cc(Cl)nc(-c2ccc(F)cc2Br)n1. The van der Waals surface area contributed by atoms with Crippen LogP contribution in [0.4, 0.5) is 4.39 Å². The molecule has 1 aromatic heterocycles. The Hall–Kier alpha value is -1.04. The molecular formula is C12H9BrClFN2O. The fourth-order valence-electron chi connectivity index (χ4n) is 1.48. The number of hydrogen-bond acceptors (Lipinski definition) is 3. The van der Waals surface area contributed by atoms with E-state index in [0.29, 0.717) is 33.3 Å². The minimum atomic E-state index is -0.329. The molecule has 0 bridgehead atoms. The molecule has 0 atom stereocenters. The molecule has 0 spiro atoms. The Balaban J connectivity index is 2.49. The molecule has 0 N–H and O–H groups in total. The highest BCUT2D eigenvalue weighted by Crippen LogP contribution is 2.27. The van der Waals surface area contributed by atoms with E-state index in [9.17, 15) is 4.39 Å². The van der Waals surface area contributed by atoms with Crippen molar-refractivity contribution in [1.29, 1.82) is 0 Å². The average Bonchev–Trinajstić information content (AvgIpc) is 2.28. The summed E-state index contributed by atoms with van der Waals surface area (Å²) < 4.78 is 18.6. The first kappa shape index (κ1) is 13.4. The standard InChI is InChI=1S/C12H9BrClFN2O/c1-18-6-8-5-11(14)17-12(16-8)9-3-2-7(15)4-10(9)13/h2-5H,6H2,1H3. The maximum Gasteiger partial charge on any atom is 0.162 e. The Morgan fingerprint density at radius 2 is 2.11 bits per heavy atom. The molecule has 18 heavy (non-hydrogen) atoms. The lowest BCUT2D eigenvalue weighted by Gasteiger charge is -2.06. The van der Waals surface area contributed by atoms with E-state index in [4.69, 9.17) is 16.3 Å². The Labute approximate surface area is 117 Å². The van der Waals surface area contributed by atoms with Crippen LogP contribution >= 0.6 is 27.5 Å². The quantitative estimate of drug-likeness (QED) is 0.801. The van der Waals surface area contributed by atoms with Gasteiger partial charge in [0.1, 0.15) is 11.0 Å². The lowest BCUT2D eigenvalue weighted by Crippen LogP contribution is -1.98. The normalized spacial score (nSPS) is 10.7. The minimum absolute atomic E-state index is 0.322. The maximum absolute atomic E-state index is 13.0. The largest absolute Gasteiger partial charge is 0.378 e. The molecule has 2 rings (SSSR count). The van der Waals surface area contributed by atoms with Gasteiger partial charge in [0.15, 0.2) is 5.82 Å². The number of ether oxygens (including phenoxy) is 1. The number of methoxy groups -OCH3 is 1. The third-order valence-electron chi connectivity index (χ3n) is 2.21. The molecule has 1 heterocycles. The number of halogens is 3. The molecule has 6 heteroatoms. The van der Waals surface area contributed by atoms with Crippen molar-refractivity contribution in [2.75, 3.05) is 7.11 Å². The summed E-state index contributed by atoms with van der Waals surface area (Å²) in [4.78, 5) is 8.43. The van der Waals surface area contributed by atoms with Crippen molar-refractivity contribution in [3.05, 3.63) is 45.4 Å². The summed E-state index contributed by atoms with van der Waals surface area (Å²) in [6.07, 6.45) is 0. The zero-order chi connectivity index (χ0) is 13.1. The van der Waals surface area contributed by atoms with Gasteiger partial charge in [0.05, 0.1) is 12.3 Å². The molecule has 1 aromatic carbocycles. The van der Waals surface area contributed by atoms with Crippen molar-refractivity contribution in [3.8, 4) is 11.4 Å². The van der Waals surface area contributed by atoms with E-state index in [1.807, 2.05) is 0 Å². The third kappa shape index (κ3) is 3.04. The van der Waals surface area contributed by atoms with Gasteiger partial charge in [-0.3, -0.25) is 0 Å². The molecule has 0 unspecified atom stereocenters. The summed E-state index contributed by atoms with van der Waals surface area (Å²) in [6, 6.07) is 5.93. The van der Waals surface area contributed by atoms with Crippen molar-refractivity contribution in [2.45, 2.75) is 6.61 Å². The summed E-state index contributed by atoms with van der Waals surface area (Å²) in [5.41, 5.74) is 1.35. The molecule has 0 aliphatic rings. The number of hydrogen-bond donors (Lipinski definition) is 0. The van der Waals surface area contributed by atoms with Crippen LogP contribution in [0.5, 0.6) is 0 Å². The first-order valence-corrected chi connectivity index (χ1v) is 6.25. The highest BCUT2D eigenvalue weighted by atomic mass is 79.9. The Morgan fingerprint density at radius 1 is 1.33 bits per heavy atom. The van der Waals surface area contributed by atoms with E-state index in [0.717, 1.165) is 0 Å². The van der Waals surface area contributed by atoms with Crippen LogP contribution in [0, 0.1) is 5.82 Å². The molecule has 0 saturated carbocycles. The second-order valence-corrected chi connectivity index (χ2v) is 4.80. The van der Waals surface area contributed by atoms with E-state index in [1.54, 1.807) is 19.2 Å². The fraction of sp³-hybridized carbons (Fsp3) is 0.167. The number of aromatic nitrogens is 2. The molecule has 0 radical (unpaired) electrons. The maximum atomic E-state index is 13.0. The van der Waals surface area contributed by atoms with Crippen LogP contribution < -0.4 is 0 Å². The first-order chi connectivity index (χ1) is 8.60. The predicted octanol–water partition coefficient (Wildman–Crippen LogP) is 3.85. The van der Waals surface area contributed by atoms with Crippen molar-refractivity contribution >= 4 is 27.5 Å². The molecule has 0 fully saturated rings. The van der Waals surface area contributed by atoms with Gasteiger partial charge < -0.3 is 4.74 Å². The molecule has 94 valence electrons. The van der Waals surface area contributed by atoms with Crippen molar-refractivity contribution in [2.24, 2.45) is 0 Å². The average molecular weight is 332 g/mol. The van der Waals surface area contributed by atoms with Crippen LogP contribution in [0.15, 0.2) is 28.7 Å². The van der Waals surface area contributed by atoms with Crippen LogP contribution in [0.1, 0.15) is 5.69 Å². The lowest BCUT2D eigenvalue weighted by molar-refractivity contribution is 0.181. The van der Waals surface area contributed by atoms with Crippen LogP contribution in [0.25, 0.3) is 11.4 Å². The summed E-state index contributed by atoms with van der Waals surface area (Å²) in [6.45, 7) is 0.341. The fourth-order valence-corrected chi connectivity index (χ4v) is 2.21. The highest BCUT2D eigenvalue weighted by molar-refractivity contribution is 9.10. The van der Waals surface area contributed by atoms with Gasteiger partial charge >= 0.3 is 0 Å². The zero-order valence-corrected chi connectivity index (χ0v) is 11.8. The van der Waals surface area contributed by atoms with Gasteiger partial charge in [0.2, 0.25) is 0 Å². The van der Waals surface area contributed by atoms with Crippen LogP contribution in [0.3, 0.4) is 0 Å². The van der Waals surface area contributed by atoms with Gasteiger partial charge in [-0.15, -0.1) is 0 Å². The highest BCUT2D eigenvalue weighted by Gasteiger charge is 2.10. The van der Waals surface area contributed by atoms with Crippen LogP contribution in [-0.2, 0) is 11.3 Å². The van der Waals surface area contributed by atoms with Gasteiger partial charge in [-0.05, 0) is 40.2 Å². The molecule has 0 amide bonds. The van der Waals surface area contributed by atoms with E-state index < -0.39 is 0 Å².